The van der Waals surface area contributed by atoms with E-state index in [0.717, 1.165) is 0 Å². The van der Waals surface area contributed by atoms with E-state index in [1.165, 1.54) is 0 Å². The summed E-state index contributed by atoms with van der Waals surface area (Å²) in [6.07, 6.45) is -4.37. The molecule has 0 spiro atoms. The van der Waals surface area contributed by atoms with Crippen LogP contribution in [0.25, 0.3) is 0 Å². The van der Waals surface area contributed by atoms with Crippen molar-refractivity contribution in [1.82, 2.24) is 0 Å². The quantitative estimate of drug-likeness (QED) is 0.615. The molecule has 0 bridgehead atoms. The van der Waals surface area contributed by atoms with Crippen LogP contribution >= 0.6 is 23.2 Å². The van der Waals surface area contributed by atoms with Crippen LogP contribution in [0.3, 0.4) is 0 Å². The summed E-state index contributed by atoms with van der Waals surface area (Å²) in [5.74, 6) is 0. The summed E-state index contributed by atoms with van der Waals surface area (Å²) in [6, 6.07) is 0. The van der Waals surface area contributed by atoms with Gasteiger partial charge in [-0.05, 0) is 11.6 Å². The molecular formula is C4H3Cl2F3O. The van der Waals surface area contributed by atoms with Crippen LogP contribution in [0.4, 0.5) is 13.2 Å². The van der Waals surface area contributed by atoms with Crippen LogP contribution in [0.15, 0.2) is 10.8 Å². The number of hydrogen-bond acceptors (Lipinski definition) is 1. The Balaban J connectivity index is 3.56. The molecule has 0 aromatic heterocycles. The van der Waals surface area contributed by atoms with Crippen LogP contribution in [0.5, 0.6) is 0 Å². The summed E-state index contributed by atoms with van der Waals surface area (Å²) in [4.78, 5) is 0. The highest BCUT2D eigenvalue weighted by Crippen LogP contribution is 2.17. The molecule has 0 heterocycles. The minimum Gasteiger partial charge on any atom is -0.473 e. The Morgan fingerprint density at radius 3 is 2.30 bits per heavy atom. The van der Waals surface area contributed by atoms with Gasteiger partial charge in [0.15, 0.2) is 11.8 Å². The molecule has 0 N–H and O–H groups in total. The zero-order chi connectivity index (χ0) is 8.20. The Kier molecular flexibility index (Phi) is 3.89. The summed E-state index contributed by atoms with van der Waals surface area (Å²) in [5, 5.41) is -0.473. The molecule has 10 heavy (non-hydrogen) atoms. The first kappa shape index (κ1) is 9.91. The van der Waals surface area contributed by atoms with E-state index in [2.05, 4.69) is 4.74 Å². The Labute approximate surface area is 65.4 Å². The van der Waals surface area contributed by atoms with E-state index in [1.54, 1.807) is 0 Å². The molecule has 0 amide bonds. The van der Waals surface area contributed by atoms with Crippen LogP contribution in [0, 0.1) is 0 Å². The van der Waals surface area contributed by atoms with Crippen molar-refractivity contribution in [3.05, 3.63) is 10.8 Å². The van der Waals surface area contributed by atoms with E-state index >= 15 is 0 Å². The molecule has 0 aromatic rings. The van der Waals surface area contributed by atoms with E-state index in [1.807, 2.05) is 0 Å². The minimum absolute atomic E-state index is 0.473. The lowest BCUT2D eigenvalue weighted by molar-refractivity contribution is -0.162. The predicted octanol–water partition coefficient (Wildman–Crippen LogP) is 2.84. The lowest BCUT2D eigenvalue weighted by Gasteiger charge is -2.06. The molecule has 0 aliphatic rings. The van der Waals surface area contributed by atoms with E-state index in [4.69, 9.17) is 23.2 Å². The fourth-order valence-corrected chi connectivity index (χ4v) is 0.300. The third-order valence-electron chi connectivity index (χ3n) is 0.460. The van der Waals surface area contributed by atoms with Gasteiger partial charge in [-0.3, -0.25) is 0 Å². The van der Waals surface area contributed by atoms with Gasteiger partial charge in [-0.25, -0.2) is 0 Å². The van der Waals surface area contributed by atoms with Gasteiger partial charge in [-0.1, -0.05) is 11.6 Å². The van der Waals surface area contributed by atoms with Crippen LogP contribution in [0.1, 0.15) is 0 Å². The Morgan fingerprint density at radius 2 is 2.00 bits per heavy atom. The SMILES string of the molecule is FC(F)(F)COC(Cl)=CCl. The standard InChI is InChI=1S/C4H3Cl2F3O/c5-1-3(6)10-2-4(7,8)9/h1H,2H2. The number of hydrogen-bond donors (Lipinski definition) is 0. The summed E-state index contributed by atoms with van der Waals surface area (Å²) in [6.45, 7) is -1.42. The van der Waals surface area contributed by atoms with Crippen molar-refractivity contribution < 1.29 is 17.9 Å². The smallest absolute Gasteiger partial charge is 0.422 e. The van der Waals surface area contributed by atoms with Crippen LogP contribution < -0.4 is 0 Å². The highest BCUT2D eigenvalue weighted by Gasteiger charge is 2.28. The van der Waals surface area contributed by atoms with Gasteiger partial charge in [0, 0.05) is 0 Å². The molecule has 1 nitrogen and oxygen atoms in total. The Bertz CT molecular complexity index is 131. The van der Waals surface area contributed by atoms with E-state index in [0.29, 0.717) is 5.54 Å². The van der Waals surface area contributed by atoms with Crippen molar-refractivity contribution in [3.8, 4) is 0 Å². The first-order valence-corrected chi connectivity index (χ1v) is 2.92. The third-order valence-corrected chi connectivity index (χ3v) is 0.988. The Morgan fingerprint density at radius 1 is 1.50 bits per heavy atom. The van der Waals surface area contributed by atoms with Gasteiger partial charge in [-0.2, -0.15) is 13.2 Å². The van der Waals surface area contributed by atoms with Gasteiger partial charge < -0.3 is 4.74 Å². The number of alkyl halides is 3. The zero-order valence-corrected chi connectivity index (χ0v) is 6.09. The monoisotopic (exact) mass is 194 g/mol. The minimum atomic E-state index is -4.37. The molecule has 0 saturated heterocycles. The first-order valence-electron chi connectivity index (χ1n) is 2.11. The normalized spacial score (nSPS) is 13.5. The molecule has 0 radical (unpaired) electrons. The first-order chi connectivity index (χ1) is 4.45. The lowest BCUT2D eigenvalue weighted by atomic mass is 10.7. The maximum absolute atomic E-state index is 11.3. The second-order valence-electron chi connectivity index (χ2n) is 1.32. The lowest BCUT2D eigenvalue weighted by Crippen LogP contribution is -2.15. The van der Waals surface area contributed by atoms with Crippen molar-refractivity contribution in [2.75, 3.05) is 6.61 Å². The maximum atomic E-state index is 11.3. The fraction of sp³-hybridized carbons (Fsp3) is 0.500. The molecule has 0 saturated carbocycles. The molecule has 0 aliphatic carbocycles. The molecule has 60 valence electrons. The molecule has 6 heteroatoms. The van der Waals surface area contributed by atoms with Crippen LogP contribution in [-0.2, 0) is 4.74 Å². The topological polar surface area (TPSA) is 9.23 Å². The highest BCUT2D eigenvalue weighted by atomic mass is 35.5. The number of halogens is 5. The average molecular weight is 195 g/mol. The van der Waals surface area contributed by atoms with Crippen LogP contribution in [0.2, 0.25) is 0 Å². The van der Waals surface area contributed by atoms with Gasteiger partial charge in [0.05, 0.1) is 5.54 Å². The molecule has 0 atom stereocenters. The van der Waals surface area contributed by atoms with Crippen LogP contribution in [-0.4, -0.2) is 12.8 Å². The maximum Gasteiger partial charge on any atom is 0.422 e. The largest absolute Gasteiger partial charge is 0.473 e. The van der Waals surface area contributed by atoms with Gasteiger partial charge in [0.2, 0.25) is 0 Å². The van der Waals surface area contributed by atoms with E-state index in [9.17, 15) is 13.2 Å². The highest BCUT2D eigenvalue weighted by molar-refractivity contribution is 6.35. The summed E-state index contributed by atoms with van der Waals surface area (Å²) >= 11 is 9.87. The molecule has 0 rings (SSSR count). The Hall–Kier alpha value is -0.0900. The molecular weight excluding hydrogens is 192 g/mol. The van der Waals surface area contributed by atoms with Gasteiger partial charge >= 0.3 is 6.18 Å². The van der Waals surface area contributed by atoms with Gasteiger partial charge in [-0.15, -0.1) is 0 Å². The zero-order valence-electron chi connectivity index (χ0n) is 4.58. The average Bonchev–Trinajstić information content (AvgIpc) is 1.81. The van der Waals surface area contributed by atoms with Gasteiger partial charge in [0.1, 0.15) is 0 Å². The molecule has 0 aromatic carbocycles. The number of ether oxygens (including phenoxy) is 1. The van der Waals surface area contributed by atoms with Crippen molar-refractivity contribution in [2.24, 2.45) is 0 Å². The molecule has 0 aliphatic heterocycles. The second kappa shape index (κ2) is 3.93. The number of rotatable bonds is 2. The van der Waals surface area contributed by atoms with Crippen molar-refractivity contribution in [3.63, 3.8) is 0 Å². The van der Waals surface area contributed by atoms with E-state index in [-0.39, 0.29) is 0 Å². The van der Waals surface area contributed by atoms with Crippen molar-refractivity contribution in [2.45, 2.75) is 6.18 Å². The fourth-order valence-electron chi connectivity index (χ4n) is 0.182. The third kappa shape index (κ3) is 6.04. The molecule has 0 fully saturated rings. The van der Waals surface area contributed by atoms with Crippen molar-refractivity contribution in [1.29, 1.82) is 0 Å². The predicted molar refractivity (Wildman–Crippen MR) is 31.8 cm³/mol. The molecule has 0 unspecified atom stereocenters. The van der Waals surface area contributed by atoms with Crippen molar-refractivity contribution >= 4 is 23.2 Å². The summed E-state index contributed by atoms with van der Waals surface area (Å²) < 4.78 is 37.8. The van der Waals surface area contributed by atoms with Gasteiger partial charge in [0.25, 0.3) is 0 Å². The summed E-state index contributed by atoms with van der Waals surface area (Å²) in [5.41, 5.74) is 0.716. The summed E-state index contributed by atoms with van der Waals surface area (Å²) in [7, 11) is 0. The van der Waals surface area contributed by atoms with E-state index < -0.39 is 18.0 Å². The second-order valence-corrected chi connectivity index (χ2v) is 1.91.